The molecule has 0 bridgehead atoms. The van der Waals surface area contributed by atoms with Gasteiger partial charge in [0, 0.05) is 11.5 Å². The maximum absolute atomic E-state index is 10.9. The largest absolute Gasteiger partial charge is 0.463 e. The van der Waals surface area contributed by atoms with Crippen LogP contribution in [0.2, 0.25) is 0 Å². The van der Waals surface area contributed by atoms with Gasteiger partial charge in [-0.05, 0) is 13.3 Å². The second kappa shape index (κ2) is 5.28. The Morgan fingerprint density at radius 1 is 1.67 bits per heavy atom. The molecule has 0 unspecified atom stereocenters. The molecule has 1 atom stereocenters. The number of aliphatic hydroxyl groups excluding tert-OH is 1. The summed E-state index contributed by atoms with van der Waals surface area (Å²) in [6.45, 7) is 5.27. The molecule has 1 fully saturated rings. The van der Waals surface area contributed by atoms with Crippen molar-refractivity contribution in [3.8, 4) is 0 Å². The van der Waals surface area contributed by atoms with Gasteiger partial charge in [0.1, 0.15) is 0 Å². The topological polar surface area (TPSA) is 55.8 Å². The predicted octanol–water partition coefficient (Wildman–Crippen LogP) is 0.893. The Hall–Kier alpha value is -0.870. The van der Waals surface area contributed by atoms with Crippen LogP contribution < -0.4 is 0 Å². The Bertz CT molecular complexity index is 243. The zero-order valence-corrected chi connectivity index (χ0v) is 9.23. The van der Waals surface area contributed by atoms with E-state index in [-0.39, 0.29) is 11.4 Å². The van der Waals surface area contributed by atoms with Crippen LogP contribution >= 0.6 is 0 Å². The summed E-state index contributed by atoms with van der Waals surface area (Å²) in [7, 11) is 0. The molecule has 0 aliphatic carbocycles. The van der Waals surface area contributed by atoms with Gasteiger partial charge in [0.05, 0.1) is 25.9 Å². The summed E-state index contributed by atoms with van der Waals surface area (Å²) < 4.78 is 9.77. The first-order valence-electron chi connectivity index (χ1n) is 5.17. The molecular formula is C11H18O4. The molecule has 0 amide bonds. The highest BCUT2D eigenvalue weighted by molar-refractivity contribution is 5.81. The minimum atomic E-state index is -0.461. The Labute approximate surface area is 89.9 Å². The fourth-order valence-corrected chi connectivity index (χ4v) is 1.38. The first-order valence-corrected chi connectivity index (χ1v) is 5.17. The summed E-state index contributed by atoms with van der Waals surface area (Å²) in [5.74, 6) is -0.361. The monoisotopic (exact) mass is 214 g/mol. The Balaban J connectivity index is 2.27. The summed E-state index contributed by atoms with van der Waals surface area (Å²) in [4.78, 5) is 10.9. The molecule has 4 heteroatoms. The number of hydrogen-bond acceptors (Lipinski definition) is 4. The molecule has 1 aliphatic rings. The van der Waals surface area contributed by atoms with Gasteiger partial charge in [-0.25, -0.2) is 4.79 Å². The number of esters is 1. The summed E-state index contributed by atoms with van der Waals surface area (Å²) in [6.07, 6.45) is 3.00. The smallest absolute Gasteiger partial charge is 0.330 e. The third-order valence-corrected chi connectivity index (χ3v) is 2.57. The average molecular weight is 214 g/mol. The summed E-state index contributed by atoms with van der Waals surface area (Å²) in [5.41, 5.74) is -0.154. The highest BCUT2D eigenvalue weighted by Crippen LogP contribution is 2.32. The lowest BCUT2D eigenvalue weighted by Crippen LogP contribution is -2.48. The van der Waals surface area contributed by atoms with Gasteiger partial charge in [0.15, 0.2) is 0 Å². The molecule has 86 valence electrons. The first kappa shape index (κ1) is 12.2. The fourth-order valence-electron chi connectivity index (χ4n) is 1.38. The predicted molar refractivity (Wildman–Crippen MR) is 55.3 cm³/mol. The number of carbonyl (C=O) groups excluding carboxylic acids is 1. The van der Waals surface area contributed by atoms with Crippen molar-refractivity contribution in [1.82, 2.24) is 0 Å². The van der Waals surface area contributed by atoms with Gasteiger partial charge in [0.25, 0.3) is 0 Å². The van der Waals surface area contributed by atoms with E-state index in [1.54, 1.807) is 13.0 Å². The van der Waals surface area contributed by atoms with Gasteiger partial charge >= 0.3 is 5.97 Å². The fraction of sp³-hybridized carbons (Fsp3) is 0.727. The van der Waals surface area contributed by atoms with E-state index < -0.39 is 6.10 Å². The summed E-state index contributed by atoms with van der Waals surface area (Å²) in [6, 6.07) is 0. The van der Waals surface area contributed by atoms with Crippen molar-refractivity contribution in [1.29, 1.82) is 0 Å². The van der Waals surface area contributed by atoms with E-state index in [1.807, 2.05) is 6.92 Å². The van der Waals surface area contributed by atoms with Gasteiger partial charge in [0.2, 0.25) is 0 Å². The minimum absolute atomic E-state index is 0.154. The third kappa shape index (κ3) is 3.32. The van der Waals surface area contributed by atoms with Crippen LogP contribution in [-0.4, -0.2) is 37.0 Å². The van der Waals surface area contributed by atoms with Crippen LogP contribution in [-0.2, 0) is 14.3 Å². The van der Waals surface area contributed by atoms with Crippen LogP contribution in [0, 0.1) is 5.41 Å². The van der Waals surface area contributed by atoms with E-state index in [0.717, 1.165) is 0 Å². The van der Waals surface area contributed by atoms with Crippen molar-refractivity contribution < 1.29 is 19.4 Å². The standard InChI is InChI=1S/C11H18O4/c1-3-15-10(13)6-4-5-9(12)11(2)7-14-8-11/h4,6,9,12H,3,5,7-8H2,1-2H3/b6-4+/t9-/m1/s1. The molecule has 15 heavy (non-hydrogen) atoms. The molecule has 1 N–H and O–H groups in total. The quantitative estimate of drug-likeness (QED) is 0.545. The maximum atomic E-state index is 10.9. The number of ether oxygens (including phenoxy) is 2. The van der Waals surface area contributed by atoms with Crippen LogP contribution in [0.3, 0.4) is 0 Å². The zero-order chi connectivity index (χ0) is 11.3. The van der Waals surface area contributed by atoms with E-state index >= 15 is 0 Å². The van der Waals surface area contributed by atoms with Crippen molar-refractivity contribution >= 4 is 5.97 Å². The molecule has 0 saturated carbocycles. The average Bonchev–Trinajstić information content (AvgIpc) is 2.14. The molecule has 0 aromatic rings. The van der Waals surface area contributed by atoms with Crippen molar-refractivity contribution in [3.05, 3.63) is 12.2 Å². The Morgan fingerprint density at radius 2 is 2.33 bits per heavy atom. The molecule has 0 radical (unpaired) electrons. The molecule has 0 aromatic carbocycles. The second-order valence-electron chi connectivity index (χ2n) is 4.05. The van der Waals surface area contributed by atoms with Gasteiger partial charge < -0.3 is 14.6 Å². The lowest BCUT2D eigenvalue weighted by molar-refractivity contribution is -0.159. The van der Waals surface area contributed by atoms with Crippen LogP contribution in [0.15, 0.2) is 12.2 Å². The summed E-state index contributed by atoms with van der Waals surface area (Å²) >= 11 is 0. The van der Waals surface area contributed by atoms with Crippen LogP contribution in [0.25, 0.3) is 0 Å². The number of aliphatic hydroxyl groups is 1. The van der Waals surface area contributed by atoms with E-state index in [1.165, 1.54) is 6.08 Å². The minimum Gasteiger partial charge on any atom is -0.463 e. The van der Waals surface area contributed by atoms with Gasteiger partial charge in [-0.15, -0.1) is 0 Å². The van der Waals surface area contributed by atoms with Crippen molar-refractivity contribution in [2.75, 3.05) is 19.8 Å². The normalized spacial score (nSPS) is 21.0. The van der Waals surface area contributed by atoms with E-state index in [2.05, 4.69) is 0 Å². The molecular weight excluding hydrogens is 196 g/mol. The van der Waals surface area contributed by atoms with Crippen molar-refractivity contribution in [3.63, 3.8) is 0 Å². The van der Waals surface area contributed by atoms with Crippen LogP contribution in [0.4, 0.5) is 0 Å². The molecule has 0 spiro atoms. The number of hydrogen-bond donors (Lipinski definition) is 1. The molecule has 1 saturated heterocycles. The Morgan fingerprint density at radius 3 is 2.80 bits per heavy atom. The van der Waals surface area contributed by atoms with Gasteiger partial charge in [-0.3, -0.25) is 0 Å². The van der Waals surface area contributed by atoms with Crippen molar-refractivity contribution in [2.45, 2.75) is 26.4 Å². The van der Waals surface area contributed by atoms with Gasteiger partial charge in [-0.1, -0.05) is 13.0 Å². The third-order valence-electron chi connectivity index (χ3n) is 2.57. The highest BCUT2D eigenvalue weighted by atomic mass is 16.5. The molecule has 1 aliphatic heterocycles. The maximum Gasteiger partial charge on any atom is 0.330 e. The first-order chi connectivity index (χ1) is 7.08. The second-order valence-corrected chi connectivity index (χ2v) is 4.05. The number of rotatable bonds is 5. The molecule has 0 aromatic heterocycles. The SMILES string of the molecule is CCOC(=O)/C=C/C[C@@H](O)C1(C)COC1. The molecule has 1 rings (SSSR count). The van der Waals surface area contributed by atoms with Crippen LogP contribution in [0.1, 0.15) is 20.3 Å². The van der Waals surface area contributed by atoms with E-state index in [0.29, 0.717) is 26.2 Å². The molecule has 4 nitrogen and oxygen atoms in total. The van der Waals surface area contributed by atoms with E-state index in [4.69, 9.17) is 9.47 Å². The van der Waals surface area contributed by atoms with Gasteiger partial charge in [-0.2, -0.15) is 0 Å². The number of carbonyl (C=O) groups is 1. The zero-order valence-electron chi connectivity index (χ0n) is 9.23. The van der Waals surface area contributed by atoms with Crippen molar-refractivity contribution in [2.24, 2.45) is 5.41 Å². The lowest BCUT2D eigenvalue weighted by Gasteiger charge is -2.41. The Kier molecular flexibility index (Phi) is 4.29. The molecule has 1 heterocycles. The lowest BCUT2D eigenvalue weighted by atomic mass is 9.81. The summed E-state index contributed by atoms with van der Waals surface area (Å²) in [5, 5.41) is 9.79. The van der Waals surface area contributed by atoms with E-state index in [9.17, 15) is 9.90 Å². The highest BCUT2D eigenvalue weighted by Gasteiger charge is 2.39. The van der Waals surface area contributed by atoms with Crippen LogP contribution in [0.5, 0.6) is 0 Å².